The van der Waals surface area contributed by atoms with Crippen LogP contribution >= 0.6 is 0 Å². The topological polar surface area (TPSA) is 78.8 Å². The van der Waals surface area contributed by atoms with E-state index < -0.39 is 0 Å². The van der Waals surface area contributed by atoms with Crippen molar-refractivity contribution in [3.8, 4) is 5.75 Å². The van der Waals surface area contributed by atoms with Gasteiger partial charge in [0.1, 0.15) is 17.1 Å². The van der Waals surface area contributed by atoms with E-state index in [-0.39, 0.29) is 29.7 Å². The first kappa shape index (κ1) is 24.4. The molecule has 4 unspecified atom stereocenters. The Morgan fingerprint density at radius 1 is 1.19 bits per heavy atom. The fraction of sp³-hybridized carbons (Fsp3) is 0.483. The lowest BCUT2D eigenvalue weighted by Gasteiger charge is -2.36. The van der Waals surface area contributed by atoms with Gasteiger partial charge >= 0.3 is 0 Å². The molecule has 196 valence electrons. The van der Waals surface area contributed by atoms with Gasteiger partial charge in [0.05, 0.1) is 19.4 Å². The van der Waals surface area contributed by atoms with Gasteiger partial charge in [0, 0.05) is 42.0 Å². The van der Waals surface area contributed by atoms with E-state index in [1.54, 1.807) is 25.5 Å². The average Bonchev–Trinajstić information content (AvgIpc) is 3.56. The smallest absolute Gasteiger partial charge is 0.223 e. The second-order valence-corrected chi connectivity index (χ2v) is 10.8. The Morgan fingerprint density at radius 3 is 3.00 bits per heavy atom. The third-order valence-electron chi connectivity index (χ3n) is 8.49. The van der Waals surface area contributed by atoms with E-state index in [0.717, 1.165) is 56.2 Å². The molecule has 2 aliphatic heterocycles. The maximum Gasteiger partial charge on any atom is 0.223 e. The standard InChI is InChI=1S/C29H35FN4O3/c1-36-27-6-2-5-24(30)23(27)17-34-12-3-4-21(16-34)31-29(35)20-7-9-25-22(15-20)28(33-32-25)19-8-10-26-18(14-19)11-13-37-26/h2,5-6,8,10-11,13-14,20-22,25,28,32-33H,3-4,7,9,12,15-17H2,1H3,(H,31,35)/t20?,21-,22?,25?,28?/m1/s1. The highest BCUT2D eigenvalue weighted by Gasteiger charge is 2.43. The first-order valence-electron chi connectivity index (χ1n) is 13.4. The van der Waals surface area contributed by atoms with Crippen LogP contribution in [0.1, 0.15) is 49.3 Å². The first-order valence-corrected chi connectivity index (χ1v) is 13.4. The molecular weight excluding hydrogens is 471 g/mol. The van der Waals surface area contributed by atoms with Crippen LogP contribution < -0.4 is 20.9 Å². The first-order chi connectivity index (χ1) is 18.1. The molecule has 3 fully saturated rings. The normalized spacial score (nSPS) is 28.2. The van der Waals surface area contributed by atoms with Crippen LogP contribution in [0.4, 0.5) is 4.39 Å². The molecule has 2 saturated heterocycles. The van der Waals surface area contributed by atoms with Crippen molar-refractivity contribution in [3.63, 3.8) is 0 Å². The summed E-state index contributed by atoms with van der Waals surface area (Å²) in [6.45, 7) is 2.09. The minimum absolute atomic E-state index is 0.00476. The number of amides is 1. The van der Waals surface area contributed by atoms with Crippen LogP contribution in [-0.4, -0.2) is 43.1 Å². The van der Waals surface area contributed by atoms with Gasteiger partial charge in [-0.1, -0.05) is 12.1 Å². The van der Waals surface area contributed by atoms with E-state index in [1.165, 1.54) is 11.6 Å². The van der Waals surface area contributed by atoms with Crippen molar-refractivity contribution in [2.24, 2.45) is 11.8 Å². The van der Waals surface area contributed by atoms with E-state index in [2.05, 4.69) is 33.2 Å². The number of hydrogen-bond acceptors (Lipinski definition) is 6. The molecule has 1 aliphatic carbocycles. The van der Waals surface area contributed by atoms with Gasteiger partial charge < -0.3 is 14.5 Å². The predicted molar refractivity (Wildman–Crippen MR) is 139 cm³/mol. The molecule has 3 N–H and O–H groups in total. The molecule has 0 radical (unpaired) electrons. The third-order valence-corrected chi connectivity index (χ3v) is 8.49. The zero-order valence-electron chi connectivity index (χ0n) is 21.2. The Bertz CT molecular complexity index is 1260. The van der Waals surface area contributed by atoms with Gasteiger partial charge in [-0.3, -0.25) is 15.1 Å². The summed E-state index contributed by atoms with van der Waals surface area (Å²) >= 11 is 0. The number of carbonyl (C=O) groups excluding carboxylic acids is 1. The van der Waals surface area contributed by atoms with E-state index in [4.69, 9.17) is 9.15 Å². The van der Waals surface area contributed by atoms with Crippen molar-refractivity contribution >= 4 is 16.9 Å². The number of rotatable bonds is 6. The Labute approximate surface area is 216 Å². The molecule has 1 aromatic heterocycles. The number of hydrogen-bond donors (Lipinski definition) is 3. The van der Waals surface area contributed by atoms with Crippen LogP contribution in [0.2, 0.25) is 0 Å². The molecule has 6 rings (SSSR count). The lowest BCUT2D eigenvalue weighted by atomic mass is 9.74. The van der Waals surface area contributed by atoms with Crippen molar-refractivity contribution in [2.75, 3.05) is 20.2 Å². The van der Waals surface area contributed by atoms with Gasteiger partial charge in [-0.15, -0.1) is 0 Å². The number of ether oxygens (including phenoxy) is 1. The number of piperidine rings is 1. The Morgan fingerprint density at radius 2 is 2.11 bits per heavy atom. The molecular formula is C29H35FN4O3. The van der Waals surface area contributed by atoms with Crippen LogP contribution in [0, 0.1) is 17.7 Å². The largest absolute Gasteiger partial charge is 0.496 e. The Balaban J connectivity index is 1.08. The summed E-state index contributed by atoms with van der Waals surface area (Å²) in [6, 6.07) is 13.9. The maximum absolute atomic E-state index is 14.5. The fourth-order valence-corrected chi connectivity index (χ4v) is 6.55. The van der Waals surface area contributed by atoms with Gasteiger partial charge in [-0.25, -0.2) is 9.82 Å². The number of halogens is 1. The number of likely N-dealkylation sites (tertiary alicyclic amines) is 1. The number of fused-ring (bicyclic) bond motifs is 2. The Kier molecular flexibility index (Phi) is 6.88. The fourth-order valence-electron chi connectivity index (χ4n) is 6.55. The number of benzene rings is 2. The molecule has 37 heavy (non-hydrogen) atoms. The van der Waals surface area contributed by atoms with Crippen molar-refractivity contribution in [1.29, 1.82) is 0 Å². The number of nitrogens with one attached hydrogen (secondary N) is 3. The molecule has 2 aromatic carbocycles. The van der Waals surface area contributed by atoms with Crippen LogP contribution in [0.25, 0.3) is 11.0 Å². The molecule has 8 heteroatoms. The van der Waals surface area contributed by atoms with Crippen LogP contribution in [-0.2, 0) is 11.3 Å². The van der Waals surface area contributed by atoms with Gasteiger partial charge in [0.15, 0.2) is 0 Å². The number of methoxy groups -OCH3 is 1. The van der Waals surface area contributed by atoms with E-state index in [1.807, 2.05) is 12.1 Å². The highest BCUT2D eigenvalue weighted by Crippen LogP contribution is 2.41. The lowest BCUT2D eigenvalue weighted by Crippen LogP contribution is -2.50. The molecule has 5 atom stereocenters. The van der Waals surface area contributed by atoms with Gasteiger partial charge in [-0.05, 0) is 80.5 Å². The number of carbonyl (C=O) groups is 1. The SMILES string of the molecule is COc1cccc(F)c1CN1CCC[C@@H](NC(=O)C2CCC3NNC(c4ccc5occc5c4)C3C2)C1. The summed E-state index contributed by atoms with van der Waals surface area (Å²) in [4.78, 5) is 15.6. The molecule has 3 aliphatic rings. The maximum atomic E-state index is 14.5. The summed E-state index contributed by atoms with van der Waals surface area (Å²) in [5.41, 5.74) is 9.67. The van der Waals surface area contributed by atoms with Crippen LogP contribution in [0.15, 0.2) is 53.1 Å². The summed E-state index contributed by atoms with van der Waals surface area (Å²) in [5, 5.41) is 4.44. The van der Waals surface area contributed by atoms with E-state index in [9.17, 15) is 9.18 Å². The van der Waals surface area contributed by atoms with E-state index >= 15 is 0 Å². The van der Waals surface area contributed by atoms with Gasteiger partial charge in [-0.2, -0.15) is 0 Å². The average molecular weight is 507 g/mol. The number of nitrogens with zero attached hydrogens (tertiary/aromatic N) is 1. The second kappa shape index (κ2) is 10.4. The Hall–Kier alpha value is -2.94. The predicted octanol–water partition coefficient (Wildman–Crippen LogP) is 4.30. The third kappa shape index (κ3) is 4.98. The van der Waals surface area contributed by atoms with Crippen molar-refractivity contribution < 1.29 is 18.3 Å². The molecule has 1 amide bonds. The molecule has 3 heterocycles. The van der Waals surface area contributed by atoms with Crippen LogP contribution in [0.3, 0.4) is 0 Å². The van der Waals surface area contributed by atoms with Crippen molar-refractivity contribution in [1.82, 2.24) is 21.1 Å². The number of furan rings is 1. The zero-order valence-corrected chi connectivity index (χ0v) is 21.2. The highest BCUT2D eigenvalue weighted by atomic mass is 19.1. The quantitative estimate of drug-likeness (QED) is 0.463. The summed E-state index contributed by atoms with van der Waals surface area (Å²) < 4.78 is 25.4. The van der Waals surface area contributed by atoms with Gasteiger partial charge in [0.2, 0.25) is 5.91 Å². The monoisotopic (exact) mass is 506 g/mol. The molecule has 7 nitrogen and oxygen atoms in total. The summed E-state index contributed by atoms with van der Waals surface area (Å²) in [7, 11) is 1.57. The lowest BCUT2D eigenvalue weighted by molar-refractivity contribution is -0.127. The molecule has 0 spiro atoms. The minimum atomic E-state index is -0.248. The van der Waals surface area contributed by atoms with Gasteiger partial charge in [0.25, 0.3) is 0 Å². The molecule has 3 aromatic rings. The highest BCUT2D eigenvalue weighted by molar-refractivity contribution is 5.79. The van der Waals surface area contributed by atoms with Crippen LogP contribution in [0.5, 0.6) is 5.75 Å². The minimum Gasteiger partial charge on any atom is -0.496 e. The van der Waals surface area contributed by atoms with E-state index in [0.29, 0.717) is 29.8 Å². The van der Waals surface area contributed by atoms with Crippen molar-refractivity contribution in [3.05, 3.63) is 65.7 Å². The molecule has 1 saturated carbocycles. The molecule has 0 bridgehead atoms. The zero-order chi connectivity index (χ0) is 25.4. The number of hydrazine groups is 1. The summed E-state index contributed by atoms with van der Waals surface area (Å²) in [6.07, 6.45) is 6.36. The van der Waals surface area contributed by atoms with Crippen molar-refractivity contribution in [2.45, 2.75) is 56.8 Å². The summed E-state index contributed by atoms with van der Waals surface area (Å²) in [5.74, 6) is 0.839. The second-order valence-electron chi connectivity index (χ2n) is 10.8.